The molecule has 0 aliphatic heterocycles. The SMILES string of the molecule is COc1cccc(Nc2nc(NN)ncc2Br)c1. The Balaban J connectivity index is 2.27. The summed E-state index contributed by atoms with van der Waals surface area (Å²) < 4.78 is 5.89. The van der Waals surface area contributed by atoms with Gasteiger partial charge in [-0.15, -0.1) is 0 Å². The molecule has 7 heteroatoms. The molecule has 0 amide bonds. The summed E-state index contributed by atoms with van der Waals surface area (Å²) in [7, 11) is 1.62. The van der Waals surface area contributed by atoms with E-state index in [1.54, 1.807) is 13.3 Å². The zero-order valence-electron chi connectivity index (χ0n) is 9.64. The van der Waals surface area contributed by atoms with Crippen LogP contribution in [0.4, 0.5) is 17.5 Å². The van der Waals surface area contributed by atoms with Crippen LogP contribution in [-0.2, 0) is 0 Å². The maximum Gasteiger partial charge on any atom is 0.239 e. The van der Waals surface area contributed by atoms with Gasteiger partial charge in [0.1, 0.15) is 11.6 Å². The van der Waals surface area contributed by atoms with Crippen LogP contribution in [0, 0.1) is 0 Å². The third-order valence-corrected chi connectivity index (χ3v) is 2.79. The average molecular weight is 310 g/mol. The molecule has 0 atom stereocenters. The largest absolute Gasteiger partial charge is 0.497 e. The number of anilines is 3. The van der Waals surface area contributed by atoms with Gasteiger partial charge in [-0.05, 0) is 28.1 Å². The minimum absolute atomic E-state index is 0.337. The van der Waals surface area contributed by atoms with Crippen LogP contribution < -0.4 is 21.3 Å². The molecular weight excluding hydrogens is 298 g/mol. The quantitative estimate of drug-likeness (QED) is 0.593. The number of benzene rings is 1. The number of nitrogens with one attached hydrogen (secondary N) is 2. The number of hydrazine groups is 1. The number of aromatic nitrogens is 2. The number of halogens is 1. The van der Waals surface area contributed by atoms with Gasteiger partial charge >= 0.3 is 0 Å². The third kappa shape index (κ3) is 2.88. The van der Waals surface area contributed by atoms with E-state index in [0.29, 0.717) is 11.8 Å². The van der Waals surface area contributed by atoms with Crippen LogP contribution in [0.1, 0.15) is 0 Å². The van der Waals surface area contributed by atoms with Gasteiger partial charge in [0.25, 0.3) is 0 Å². The first-order chi connectivity index (χ1) is 8.72. The highest BCUT2D eigenvalue weighted by molar-refractivity contribution is 9.10. The van der Waals surface area contributed by atoms with E-state index in [-0.39, 0.29) is 0 Å². The smallest absolute Gasteiger partial charge is 0.239 e. The highest BCUT2D eigenvalue weighted by Crippen LogP contribution is 2.25. The van der Waals surface area contributed by atoms with Crippen molar-refractivity contribution in [1.29, 1.82) is 0 Å². The van der Waals surface area contributed by atoms with E-state index < -0.39 is 0 Å². The lowest BCUT2D eigenvalue weighted by Crippen LogP contribution is -2.11. The number of rotatable bonds is 4. The summed E-state index contributed by atoms with van der Waals surface area (Å²) >= 11 is 3.37. The summed E-state index contributed by atoms with van der Waals surface area (Å²) in [5.74, 6) is 6.99. The molecule has 0 aliphatic carbocycles. The number of ether oxygens (including phenoxy) is 1. The maximum atomic E-state index is 5.27. The number of nitrogens with two attached hydrogens (primary N) is 1. The fraction of sp³-hybridized carbons (Fsp3) is 0.0909. The molecule has 1 aromatic carbocycles. The van der Waals surface area contributed by atoms with E-state index in [0.717, 1.165) is 15.9 Å². The topological polar surface area (TPSA) is 85.1 Å². The highest BCUT2D eigenvalue weighted by Gasteiger charge is 2.05. The molecule has 0 bridgehead atoms. The summed E-state index contributed by atoms with van der Waals surface area (Å²) in [5.41, 5.74) is 3.25. The number of methoxy groups -OCH3 is 1. The second kappa shape index (κ2) is 5.65. The fourth-order valence-corrected chi connectivity index (χ4v) is 1.65. The minimum atomic E-state index is 0.337. The number of hydrogen-bond donors (Lipinski definition) is 3. The molecule has 18 heavy (non-hydrogen) atoms. The first-order valence-electron chi connectivity index (χ1n) is 5.13. The van der Waals surface area contributed by atoms with Crippen molar-refractivity contribution in [2.75, 3.05) is 17.9 Å². The predicted octanol–water partition coefficient (Wildman–Crippen LogP) is 2.28. The molecule has 6 nitrogen and oxygen atoms in total. The van der Waals surface area contributed by atoms with Crippen molar-refractivity contribution in [3.63, 3.8) is 0 Å². The van der Waals surface area contributed by atoms with Crippen LogP contribution in [0.15, 0.2) is 34.9 Å². The third-order valence-electron chi connectivity index (χ3n) is 2.21. The van der Waals surface area contributed by atoms with Gasteiger partial charge in [-0.3, -0.25) is 5.43 Å². The lowest BCUT2D eigenvalue weighted by Gasteiger charge is -2.09. The summed E-state index contributed by atoms with van der Waals surface area (Å²) in [6.45, 7) is 0. The van der Waals surface area contributed by atoms with Crippen molar-refractivity contribution in [1.82, 2.24) is 9.97 Å². The van der Waals surface area contributed by atoms with Crippen LogP contribution in [0.2, 0.25) is 0 Å². The Hall–Kier alpha value is -1.86. The summed E-state index contributed by atoms with van der Waals surface area (Å²) in [5, 5.41) is 3.15. The Kier molecular flexibility index (Phi) is 3.96. The molecule has 2 rings (SSSR count). The standard InChI is InChI=1S/C11H12BrN5O/c1-18-8-4-2-3-7(5-8)15-10-9(12)6-14-11(16-10)17-13/h2-6H,13H2,1H3,(H2,14,15,16,17). The number of nitrogen functional groups attached to an aromatic ring is 1. The van der Waals surface area contributed by atoms with Crippen molar-refractivity contribution in [2.45, 2.75) is 0 Å². The molecular formula is C11H12BrN5O. The molecule has 0 spiro atoms. The van der Waals surface area contributed by atoms with Gasteiger partial charge in [0.2, 0.25) is 5.95 Å². The van der Waals surface area contributed by atoms with Crippen molar-refractivity contribution < 1.29 is 4.74 Å². The molecule has 1 heterocycles. The van der Waals surface area contributed by atoms with E-state index in [9.17, 15) is 0 Å². The normalized spacial score (nSPS) is 9.94. The van der Waals surface area contributed by atoms with Crippen LogP contribution in [0.3, 0.4) is 0 Å². The van der Waals surface area contributed by atoms with E-state index in [2.05, 4.69) is 36.6 Å². The summed E-state index contributed by atoms with van der Waals surface area (Å²) in [6.07, 6.45) is 1.62. The van der Waals surface area contributed by atoms with Gasteiger partial charge < -0.3 is 10.1 Å². The highest BCUT2D eigenvalue weighted by atomic mass is 79.9. The van der Waals surface area contributed by atoms with Gasteiger partial charge in [-0.2, -0.15) is 4.98 Å². The Labute approximate surface area is 113 Å². The molecule has 0 unspecified atom stereocenters. The number of nitrogens with zero attached hydrogens (tertiary/aromatic N) is 2. The maximum absolute atomic E-state index is 5.27. The fourth-order valence-electron chi connectivity index (χ4n) is 1.36. The average Bonchev–Trinajstić information content (AvgIpc) is 2.41. The first kappa shape index (κ1) is 12.6. The lowest BCUT2D eigenvalue weighted by atomic mass is 10.3. The lowest BCUT2D eigenvalue weighted by molar-refractivity contribution is 0.415. The minimum Gasteiger partial charge on any atom is -0.497 e. The van der Waals surface area contributed by atoms with E-state index in [4.69, 9.17) is 10.6 Å². The molecule has 94 valence electrons. The summed E-state index contributed by atoms with van der Waals surface area (Å²) in [4.78, 5) is 8.17. The van der Waals surface area contributed by atoms with Gasteiger partial charge in [0, 0.05) is 18.0 Å². The zero-order valence-corrected chi connectivity index (χ0v) is 11.2. The Bertz CT molecular complexity index is 549. The zero-order chi connectivity index (χ0) is 13.0. The molecule has 1 aromatic heterocycles. The van der Waals surface area contributed by atoms with E-state index >= 15 is 0 Å². The van der Waals surface area contributed by atoms with Gasteiger partial charge in [-0.25, -0.2) is 10.8 Å². The molecule has 0 saturated heterocycles. The Morgan fingerprint density at radius 3 is 2.94 bits per heavy atom. The molecule has 4 N–H and O–H groups in total. The van der Waals surface area contributed by atoms with E-state index in [1.165, 1.54) is 0 Å². The second-order valence-electron chi connectivity index (χ2n) is 3.39. The molecule has 0 saturated carbocycles. The van der Waals surface area contributed by atoms with Crippen molar-refractivity contribution in [2.24, 2.45) is 5.84 Å². The van der Waals surface area contributed by atoms with Gasteiger partial charge in [-0.1, -0.05) is 6.07 Å². The monoisotopic (exact) mass is 309 g/mol. The van der Waals surface area contributed by atoms with Crippen LogP contribution >= 0.6 is 15.9 Å². The molecule has 0 fully saturated rings. The van der Waals surface area contributed by atoms with Gasteiger partial charge in [0.15, 0.2) is 0 Å². The Morgan fingerprint density at radius 1 is 1.39 bits per heavy atom. The van der Waals surface area contributed by atoms with E-state index in [1.807, 2.05) is 24.3 Å². The molecule has 0 radical (unpaired) electrons. The van der Waals surface area contributed by atoms with Crippen molar-refractivity contribution >= 4 is 33.4 Å². The van der Waals surface area contributed by atoms with Crippen molar-refractivity contribution in [3.05, 3.63) is 34.9 Å². The first-order valence-corrected chi connectivity index (χ1v) is 5.92. The van der Waals surface area contributed by atoms with Gasteiger partial charge in [0.05, 0.1) is 11.6 Å². The predicted molar refractivity (Wildman–Crippen MR) is 73.8 cm³/mol. The van der Waals surface area contributed by atoms with Crippen molar-refractivity contribution in [3.8, 4) is 5.75 Å². The van der Waals surface area contributed by atoms with Crippen LogP contribution in [0.5, 0.6) is 5.75 Å². The van der Waals surface area contributed by atoms with Crippen LogP contribution in [-0.4, -0.2) is 17.1 Å². The Morgan fingerprint density at radius 2 is 2.22 bits per heavy atom. The molecule has 0 aliphatic rings. The van der Waals surface area contributed by atoms with Crippen LogP contribution in [0.25, 0.3) is 0 Å². The summed E-state index contributed by atoms with van der Waals surface area (Å²) in [6, 6.07) is 7.53. The second-order valence-corrected chi connectivity index (χ2v) is 4.25. The number of hydrogen-bond acceptors (Lipinski definition) is 6. The molecule has 2 aromatic rings.